The quantitative estimate of drug-likeness (QED) is 0.903. The van der Waals surface area contributed by atoms with E-state index in [-0.39, 0.29) is 11.3 Å². The van der Waals surface area contributed by atoms with Crippen molar-refractivity contribution in [3.63, 3.8) is 0 Å². The van der Waals surface area contributed by atoms with Gasteiger partial charge in [0.05, 0.1) is 5.56 Å². The summed E-state index contributed by atoms with van der Waals surface area (Å²) < 4.78 is 37.5. The van der Waals surface area contributed by atoms with Gasteiger partial charge in [0.25, 0.3) is 0 Å². The third-order valence-corrected chi connectivity index (χ3v) is 2.45. The molecule has 0 aliphatic heterocycles. The van der Waals surface area contributed by atoms with Crippen molar-refractivity contribution in [1.29, 1.82) is 0 Å². The maximum atomic E-state index is 12.5. The van der Waals surface area contributed by atoms with Gasteiger partial charge in [-0.05, 0) is 30.3 Å². The summed E-state index contributed by atoms with van der Waals surface area (Å²) in [6.07, 6.45) is -3.49. The smallest absolute Gasteiger partial charge is 0.433 e. The van der Waals surface area contributed by atoms with Gasteiger partial charge in [-0.15, -0.1) is 0 Å². The number of nitrogens with zero attached hydrogens (tertiary/aromatic N) is 1. The Morgan fingerprint density at radius 1 is 1.15 bits per heavy atom. The minimum absolute atomic E-state index is 0.0418. The molecule has 104 valence electrons. The number of benzene rings is 1. The highest BCUT2D eigenvalue weighted by atomic mass is 19.4. The number of pyridine rings is 1. The van der Waals surface area contributed by atoms with Crippen LogP contribution in [0, 0.1) is 0 Å². The maximum Gasteiger partial charge on any atom is 0.433 e. The molecule has 0 spiro atoms. The molecule has 0 bridgehead atoms. The average molecular weight is 282 g/mol. The van der Waals surface area contributed by atoms with Crippen molar-refractivity contribution in [3.05, 3.63) is 53.9 Å². The van der Waals surface area contributed by atoms with Crippen LogP contribution in [0.15, 0.2) is 42.6 Å². The van der Waals surface area contributed by atoms with Crippen LogP contribution in [0.2, 0.25) is 0 Å². The van der Waals surface area contributed by atoms with Crippen molar-refractivity contribution in [3.8, 4) is 0 Å². The second-order valence-electron chi connectivity index (χ2n) is 3.94. The molecular weight excluding hydrogens is 273 g/mol. The van der Waals surface area contributed by atoms with Crippen molar-refractivity contribution >= 4 is 17.3 Å². The Morgan fingerprint density at radius 2 is 1.85 bits per heavy atom. The van der Waals surface area contributed by atoms with E-state index in [0.717, 1.165) is 12.3 Å². The zero-order valence-electron chi connectivity index (χ0n) is 9.98. The fourth-order valence-electron chi connectivity index (χ4n) is 1.56. The summed E-state index contributed by atoms with van der Waals surface area (Å²) in [6, 6.07) is 7.99. The van der Waals surface area contributed by atoms with E-state index >= 15 is 0 Å². The van der Waals surface area contributed by atoms with Crippen LogP contribution in [0.3, 0.4) is 0 Å². The summed E-state index contributed by atoms with van der Waals surface area (Å²) in [6.45, 7) is 0. The summed E-state index contributed by atoms with van der Waals surface area (Å²) >= 11 is 0. The third-order valence-electron chi connectivity index (χ3n) is 2.45. The number of aromatic nitrogens is 1. The highest BCUT2D eigenvalue weighted by Crippen LogP contribution is 2.29. The highest BCUT2D eigenvalue weighted by molar-refractivity contribution is 5.89. The van der Waals surface area contributed by atoms with Crippen LogP contribution in [0.25, 0.3) is 0 Å². The van der Waals surface area contributed by atoms with E-state index in [2.05, 4.69) is 10.3 Å². The molecular formula is C13H9F3N2O2. The Labute approximate surface area is 111 Å². The summed E-state index contributed by atoms with van der Waals surface area (Å²) in [5.41, 5.74) is -0.420. The van der Waals surface area contributed by atoms with Crippen LogP contribution in [-0.2, 0) is 6.18 Å². The van der Waals surface area contributed by atoms with E-state index in [4.69, 9.17) is 5.11 Å². The molecule has 7 heteroatoms. The number of carboxylic acids is 1. The molecule has 1 aromatic heterocycles. The molecule has 2 N–H and O–H groups in total. The largest absolute Gasteiger partial charge is 0.478 e. The highest BCUT2D eigenvalue weighted by Gasteiger charge is 2.32. The van der Waals surface area contributed by atoms with E-state index < -0.39 is 17.8 Å². The Balaban J connectivity index is 2.26. The summed E-state index contributed by atoms with van der Waals surface area (Å²) in [5.74, 6) is -1.11. The lowest BCUT2D eigenvalue weighted by molar-refractivity contribution is -0.141. The van der Waals surface area contributed by atoms with Crippen molar-refractivity contribution < 1.29 is 23.1 Å². The second-order valence-corrected chi connectivity index (χ2v) is 3.94. The number of rotatable bonds is 3. The minimum atomic E-state index is -4.53. The van der Waals surface area contributed by atoms with E-state index in [1.54, 1.807) is 6.07 Å². The number of hydrogen-bond donors (Lipinski definition) is 2. The molecule has 0 fully saturated rings. The summed E-state index contributed by atoms with van der Waals surface area (Å²) in [7, 11) is 0. The van der Waals surface area contributed by atoms with Crippen LogP contribution in [-0.4, -0.2) is 16.1 Å². The van der Waals surface area contributed by atoms with E-state index in [9.17, 15) is 18.0 Å². The van der Waals surface area contributed by atoms with Crippen LogP contribution >= 0.6 is 0 Å². The van der Waals surface area contributed by atoms with Crippen molar-refractivity contribution in [1.82, 2.24) is 4.98 Å². The average Bonchev–Trinajstić information content (AvgIpc) is 2.38. The van der Waals surface area contributed by atoms with Crippen molar-refractivity contribution in [2.24, 2.45) is 0 Å². The zero-order chi connectivity index (χ0) is 14.8. The number of aromatic carboxylic acids is 1. The lowest BCUT2D eigenvalue weighted by atomic mass is 10.2. The molecule has 0 saturated carbocycles. The molecule has 4 nitrogen and oxygen atoms in total. The Hall–Kier alpha value is -2.57. The number of carbonyl (C=O) groups is 1. The molecule has 1 aromatic carbocycles. The zero-order valence-corrected chi connectivity index (χ0v) is 9.98. The van der Waals surface area contributed by atoms with Crippen molar-refractivity contribution in [2.45, 2.75) is 6.18 Å². The molecule has 0 amide bonds. The first-order chi connectivity index (χ1) is 9.36. The molecule has 0 aliphatic carbocycles. The van der Waals surface area contributed by atoms with Crippen LogP contribution in [0.4, 0.5) is 24.5 Å². The topological polar surface area (TPSA) is 62.2 Å². The Bertz CT molecular complexity index is 642. The number of hydrogen-bond acceptors (Lipinski definition) is 3. The first-order valence-electron chi connectivity index (χ1n) is 5.50. The molecule has 20 heavy (non-hydrogen) atoms. The number of carboxylic acid groups (broad SMARTS) is 1. The molecule has 0 radical (unpaired) electrons. The van der Waals surface area contributed by atoms with Gasteiger partial charge >= 0.3 is 12.1 Å². The number of halogens is 3. The molecule has 0 atom stereocenters. The predicted molar refractivity (Wildman–Crippen MR) is 65.9 cm³/mol. The van der Waals surface area contributed by atoms with Gasteiger partial charge in [0.2, 0.25) is 0 Å². The van der Waals surface area contributed by atoms with Gasteiger partial charge in [-0.25, -0.2) is 4.79 Å². The fraction of sp³-hybridized carbons (Fsp3) is 0.0769. The molecule has 1 heterocycles. The normalized spacial score (nSPS) is 11.2. The fourth-order valence-corrected chi connectivity index (χ4v) is 1.56. The van der Waals surface area contributed by atoms with Gasteiger partial charge < -0.3 is 10.4 Å². The molecule has 2 aromatic rings. The summed E-state index contributed by atoms with van der Waals surface area (Å²) in [4.78, 5) is 14.0. The number of anilines is 2. The van der Waals surface area contributed by atoms with Gasteiger partial charge in [-0.2, -0.15) is 13.2 Å². The lowest BCUT2D eigenvalue weighted by Crippen LogP contribution is -2.08. The van der Waals surface area contributed by atoms with E-state index in [0.29, 0.717) is 5.69 Å². The van der Waals surface area contributed by atoms with Gasteiger partial charge in [0.15, 0.2) is 0 Å². The maximum absolute atomic E-state index is 12.5. The molecule has 2 rings (SSSR count). The van der Waals surface area contributed by atoms with Crippen LogP contribution < -0.4 is 5.32 Å². The first-order valence-corrected chi connectivity index (χ1v) is 5.50. The SMILES string of the molecule is O=C(O)c1cccc(Nc2ccnc(C(F)(F)F)c2)c1. The Kier molecular flexibility index (Phi) is 3.60. The van der Waals surface area contributed by atoms with Gasteiger partial charge in [0, 0.05) is 17.6 Å². The molecule has 0 aliphatic rings. The monoisotopic (exact) mass is 282 g/mol. The van der Waals surface area contributed by atoms with Gasteiger partial charge in [-0.1, -0.05) is 6.07 Å². The lowest BCUT2D eigenvalue weighted by Gasteiger charge is -2.10. The van der Waals surface area contributed by atoms with Gasteiger partial charge in [0.1, 0.15) is 5.69 Å². The standard InChI is InChI=1S/C13H9F3N2O2/c14-13(15,16)11-7-10(4-5-17-11)18-9-3-1-2-8(6-9)12(19)20/h1-7H,(H,17,18)(H,19,20). The third kappa shape index (κ3) is 3.25. The van der Waals surface area contributed by atoms with Crippen LogP contribution in [0.5, 0.6) is 0 Å². The second kappa shape index (κ2) is 5.20. The first kappa shape index (κ1) is 13.9. The van der Waals surface area contributed by atoms with Gasteiger partial charge in [-0.3, -0.25) is 4.98 Å². The predicted octanol–water partition coefficient (Wildman–Crippen LogP) is 3.54. The van der Waals surface area contributed by atoms with E-state index in [1.807, 2.05) is 0 Å². The molecule has 0 saturated heterocycles. The van der Waals surface area contributed by atoms with E-state index in [1.165, 1.54) is 24.3 Å². The Morgan fingerprint density at radius 3 is 2.50 bits per heavy atom. The summed E-state index contributed by atoms with van der Waals surface area (Å²) in [5, 5.41) is 11.5. The molecule has 0 unspecified atom stereocenters. The van der Waals surface area contributed by atoms with Crippen LogP contribution in [0.1, 0.15) is 16.1 Å². The van der Waals surface area contributed by atoms with Crippen molar-refractivity contribution in [2.75, 3.05) is 5.32 Å². The number of alkyl halides is 3. The minimum Gasteiger partial charge on any atom is -0.478 e. The number of nitrogens with one attached hydrogen (secondary N) is 1.